The Balaban J connectivity index is 1.70. The summed E-state index contributed by atoms with van der Waals surface area (Å²) < 4.78 is 16.3. The van der Waals surface area contributed by atoms with E-state index in [0.717, 1.165) is 24.9 Å². The number of hydrazine groups is 1. The molecule has 2 aromatic carbocycles. The predicted octanol–water partition coefficient (Wildman–Crippen LogP) is 3.55. The van der Waals surface area contributed by atoms with Gasteiger partial charge in [0, 0.05) is 24.8 Å². The second kappa shape index (κ2) is 8.04. The maximum absolute atomic E-state index is 13.5. The molecule has 2 aliphatic heterocycles. The summed E-state index contributed by atoms with van der Waals surface area (Å²) in [6, 6.07) is 15.0. The lowest BCUT2D eigenvalue weighted by molar-refractivity contribution is -0.00237. The van der Waals surface area contributed by atoms with Crippen molar-refractivity contribution in [1.82, 2.24) is 10.0 Å². The minimum Gasteiger partial charge on any atom is -0.454 e. The highest BCUT2D eigenvalue weighted by Crippen LogP contribution is 2.36. The van der Waals surface area contributed by atoms with Crippen molar-refractivity contribution in [3.8, 4) is 11.5 Å². The highest BCUT2D eigenvalue weighted by Gasteiger charge is 2.35. The zero-order valence-electron chi connectivity index (χ0n) is 16.0. The van der Waals surface area contributed by atoms with Gasteiger partial charge in [-0.05, 0) is 43.2 Å². The molecule has 2 aromatic rings. The molecule has 0 radical (unpaired) electrons. The van der Waals surface area contributed by atoms with Gasteiger partial charge in [-0.25, -0.2) is 10.0 Å². The third kappa shape index (κ3) is 3.48. The molecule has 146 valence electrons. The second-order valence-corrected chi connectivity index (χ2v) is 6.91. The predicted molar refractivity (Wildman–Crippen MR) is 106 cm³/mol. The Morgan fingerprint density at radius 1 is 1.18 bits per heavy atom. The fraction of sp³-hybridized carbons (Fsp3) is 0.318. The Kier molecular flexibility index (Phi) is 5.32. The quantitative estimate of drug-likeness (QED) is 0.767. The molecule has 0 bridgehead atoms. The van der Waals surface area contributed by atoms with Crippen molar-refractivity contribution in [3.63, 3.8) is 0 Å². The van der Waals surface area contributed by atoms with E-state index in [1.807, 2.05) is 48.5 Å². The zero-order chi connectivity index (χ0) is 19.5. The van der Waals surface area contributed by atoms with Crippen molar-refractivity contribution in [2.24, 2.45) is 0 Å². The number of ether oxygens (including phenoxy) is 3. The van der Waals surface area contributed by atoms with E-state index in [9.17, 15) is 4.79 Å². The topological polar surface area (TPSA) is 51.2 Å². The molecule has 1 saturated heterocycles. The van der Waals surface area contributed by atoms with Crippen molar-refractivity contribution in [2.75, 3.05) is 27.1 Å². The third-order valence-corrected chi connectivity index (χ3v) is 5.14. The summed E-state index contributed by atoms with van der Waals surface area (Å²) in [7, 11) is 1.69. The van der Waals surface area contributed by atoms with Gasteiger partial charge in [0.05, 0.1) is 18.3 Å². The first-order valence-corrected chi connectivity index (χ1v) is 9.43. The number of hydrogen-bond acceptors (Lipinski definition) is 5. The summed E-state index contributed by atoms with van der Waals surface area (Å²) in [6.07, 6.45) is 1.97. The highest BCUT2D eigenvalue weighted by atomic mass is 16.7. The number of benzene rings is 2. The molecule has 1 fully saturated rings. The average Bonchev–Trinajstić information content (AvgIpc) is 3.38. The van der Waals surface area contributed by atoms with E-state index in [-0.39, 0.29) is 18.7 Å². The molecule has 2 aliphatic rings. The number of carbonyl (C=O) groups is 1. The second-order valence-electron chi connectivity index (χ2n) is 6.91. The van der Waals surface area contributed by atoms with Crippen LogP contribution in [0.15, 0.2) is 55.1 Å². The van der Waals surface area contributed by atoms with Crippen LogP contribution in [-0.4, -0.2) is 49.0 Å². The van der Waals surface area contributed by atoms with Crippen molar-refractivity contribution < 1.29 is 19.0 Å². The molecule has 0 unspecified atom stereocenters. The number of nitrogens with zero attached hydrogens (tertiary/aromatic N) is 2. The Morgan fingerprint density at radius 3 is 2.75 bits per heavy atom. The Bertz CT molecular complexity index is 868. The first-order valence-electron chi connectivity index (χ1n) is 9.43. The van der Waals surface area contributed by atoms with Gasteiger partial charge in [0.2, 0.25) is 6.79 Å². The smallest absolute Gasteiger partial charge is 0.272 e. The van der Waals surface area contributed by atoms with Crippen LogP contribution in [0.3, 0.4) is 0 Å². The van der Waals surface area contributed by atoms with E-state index < -0.39 is 0 Å². The van der Waals surface area contributed by atoms with Gasteiger partial charge < -0.3 is 14.2 Å². The van der Waals surface area contributed by atoms with E-state index in [2.05, 4.69) is 11.6 Å². The number of carbonyl (C=O) groups excluding carboxylic acids is 1. The Morgan fingerprint density at radius 2 is 1.96 bits per heavy atom. The van der Waals surface area contributed by atoms with E-state index in [0.29, 0.717) is 29.4 Å². The lowest BCUT2D eigenvalue weighted by Crippen LogP contribution is -2.49. The monoisotopic (exact) mass is 380 g/mol. The standard InChI is InChI=1S/C22H24N2O4/c1-16(18-10-11-20-21(13-18)28-15-27-20)24(22(25)17-7-4-3-5-8-17)23-12-6-9-19(23)14-26-2/h3-5,7-8,10-11,13,19H,1,6,9,12,14-15H2,2H3/t19-/m0/s1. The van der Waals surface area contributed by atoms with Crippen LogP contribution in [-0.2, 0) is 4.74 Å². The molecule has 6 nitrogen and oxygen atoms in total. The fourth-order valence-corrected chi connectivity index (χ4v) is 3.74. The van der Waals surface area contributed by atoms with Crippen LogP contribution in [0.5, 0.6) is 11.5 Å². The summed E-state index contributed by atoms with van der Waals surface area (Å²) in [5, 5.41) is 3.77. The highest BCUT2D eigenvalue weighted by molar-refractivity contribution is 5.99. The number of methoxy groups -OCH3 is 1. The molecule has 0 saturated carbocycles. The summed E-state index contributed by atoms with van der Waals surface area (Å²) in [4.78, 5) is 13.5. The largest absolute Gasteiger partial charge is 0.454 e. The van der Waals surface area contributed by atoms with Crippen LogP contribution in [0.25, 0.3) is 5.70 Å². The van der Waals surface area contributed by atoms with Crippen LogP contribution in [0.1, 0.15) is 28.8 Å². The van der Waals surface area contributed by atoms with Gasteiger partial charge in [0.1, 0.15) is 0 Å². The molecule has 0 spiro atoms. The number of hydrogen-bond donors (Lipinski definition) is 0. The summed E-state index contributed by atoms with van der Waals surface area (Å²) in [5.74, 6) is 1.27. The zero-order valence-corrected chi connectivity index (χ0v) is 16.0. The van der Waals surface area contributed by atoms with Crippen molar-refractivity contribution in [3.05, 3.63) is 66.2 Å². The van der Waals surface area contributed by atoms with Crippen molar-refractivity contribution >= 4 is 11.6 Å². The maximum Gasteiger partial charge on any atom is 0.272 e. The van der Waals surface area contributed by atoms with Crippen LogP contribution >= 0.6 is 0 Å². The minimum absolute atomic E-state index is 0.105. The molecule has 0 aromatic heterocycles. The SMILES string of the molecule is C=C(c1ccc2c(c1)OCO2)N(C(=O)c1ccccc1)N1CCC[C@H]1COC. The molecule has 0 N–H and O–H groups in total. The molecular formula is C22H24N2O4. The lowest BCUT2D eigenvalue weighted by Gasteiger charge is -2.37. The van der Waals surface area contributed by atoms with Gasteiger partial charge in [0.15, 0.2) is 11.5 Å². The van der Waals surface area contributed by atoms with Gasteiger partial charge in [0.25, 0.3) is 5.91 Å². The normalized spacial score (nSPS) is 18.2. The van der Waals surface area contributed by atoms with Gasteiger partial charge in [-0.15, -0.1) is 0 Å². The summed E-state index contributed by atoms with van der Waals surface area (Å²) in [5.41, 5.74) is 2.04. The van der Waals surface area contributed by atoms with E-state index >= 15 is 0 Å². The molecule has 28 heavy (non-hydrogen) atoms. The van der Waals surface area contributed by atoms with Gasteiger partial charge >= 0.3 is 0 Å². The molecule has 6 heteroatoms. The van der Waals surface area contributed by atoms with Crippen LogP contribution < -0.4 is 9.47 Å². The van der Waals surface area contributed by atoms with Crippen molar-refractivity contribution in [2.45, 2.75) is 18.9 Å². The van der Waals surface area contributed by atoms with Crippen LogP contribution in [0.4, 0.5) is 0 Å². The molecular weight excluding hydrogens is 356 g/mol. The van der Waals surface area contributed by atoms with E-state index in [4.69, 9.17) is 14.2 Å². The average molecular weight is 380 g/mol. The first-order chi connectivity index (χ1) is 13.7. The summed E-state index contributed by atoms with van der Waals surface area (Å²) in [6.45, 7) is 5.81. The molecule has 0 aliphatic carbocycles. The lowest BCUT2D eigenvalue weighted by atomic mass is 10.1. The number of amides is 1. The van der Waals surface area contributed by atoms with E-state index in [1.54, 1.807) is 12.1 Å². The van der Waals surface area contributed by atoms with Crippen molar-refractivity contribution in [1.29, 1.82) is 0 Å². The summed E-state index contributed by atoms with van der Waals surface area (Å²) >= 11 is 0. The molecule has 1 atom stereocenters. The Hall–Kier alpha value is -2.83. The number of fused-ring (bicyclic) bond motifs is 1. The molecule has 4 rings (SSSR count). The maximum atomic E-state index is 13.5. The molecule has 1 amide bonds. The third-order valence-electron chi connectivity index (χ3n) is 5.14. The Labute approximate surface area is 164 Å². The van der Waals surface area contributed by atoms with Gasteiger partial charge in [-0.3, -0.25) is 4.79 Å². The van der Waals surface area contributed by atoms with E-state index in [1.165, 1.54) is 0 Å². The first kappa shape index (κ1) is 18.5. The van der Waals surface area contributed by atoms with Crippen LogP contribution in [0, 0.1) is 0 Å². The van der Waals surface area contributed by atoms with Crippen LogP contribution in [0.2, 0.25) is 0 Å². The van der Waals surface area contributed by atoms with Gasteiger partial charge in [-0.1, -0.05) is 24.8 Å². The fourth-order valence-electron chi connectivity index (χ4n) is 3.74. The minimum atomic E-state index is -0.105. The number of rotatable bonds is 6. The molecule has 2 heterocycles. The van der Waals surface area contributed by atoms with Gasteiger partial charge in [-0.2, -0.15) is 0 Å².